The lowest BCUT2D eigenvalue weighted by molar-refractivity contribution is -0.135. The van der Waals surface area contributed by atoms with Gasteiger partial charge < -0.3 is 14.4 Å². The first-order valence-electron chi connectivity index (χ1n) is 10.7. The van der Waals surface area contributed by atoms with E-state index in [-0.39, 0.29) is 18.6 Å². The van der Waals surface area contributed by atoms with Gasteiger partial charge in [-0.2, -0.15) is 5.10 Å². The van der Waals surface area contributed by atoms with E-state index in [9.17, 15) is 4.79 Å². The molecule has 1 aromatic carbocycles. The van der Waals surface area contributed by atoms with Gasteiger partial charge in [0, 0.05) is 36.7 Å². The standard InChI is InChI=1S/C24H28N4O3/c1-30-22-8-4-5-9-23(22)31-18-24(29)28(20-6-2-3-7-20)17-16-27-15-12-21(26-27)19-10-13-25-14-11-19/h4-5,8-15,20H,2-3,6-7,16-18H2,1H3. The first kappa shape index (κ1) is 20.9. The van der Waals surface area contributed by atoms with E-state index in [1.54, 1.807) is 19.5 Å². The molecule has 2 heterocycles. The van der Waals surface area contributed by atoms with Gasteiger partial charge in [-0.3, -0.25) is 14.5 Å². The van der Waals surface area contributed by atoms with E-state index in [1.165, 1.54) is 0 Å². The van der Waals surface area contributed by atoms with Gasteiger partial charge in [0.05, 0.1) is 19.3 Å². The molecule has 0 saturated heterocycles. The van der Waals surface area contributed by atoms with Crippen LogP contribution in [0.4, 0.5) is 0 Å². The number of nitrogens with zero attached hydrogens (tertiary/aromatic N) is 4. The molecule has 7 heteroatoms. The van der Waals surface area contributed by atoms with Crippen molar-refractivity contribution in [2.45, 2.75) is 38.3 Å². The number of aromatic nitrogens is 3. The molecule has 1 amide bonds. The van der Waals surface area contributed by atoms with E-state index in [1.807, 2.05) is 58.2 Å². The summed E-state index contributed by atoms with van der Waals surface area (Å²) in [5.74, 6) is 1.21. The minimum Gasteiger partial charge on any atom is -0.493 e. The van der Waals surface area contributed by atoms with Crippen molar-refractivity contribution in [3.8, 4) is 22.8 Å². The van der Waals surface area contributed by atoms with Crippen LogP contribution in [0.25, 0.3) is 11.3 Å². The van der Waals surface area contributed by atoms with Crippen molar-refractivity contribution in [3.63, 3.8) is 0 Å². The van der Waals surface area contributed by atoms with Crippen LogP contribution >= 0.6 is 0 Å². The second kappa shape index (κ2) is 10.1. The molecule has 1 saturated carbocycles. The molecule has 31 heavy (non-hydrogen) atoms. The molecule has 0 aliphatic heterocycles. The van der Waals surface area contributed by atoms with E-state index in [4.69, 9.17) is 9.47 Å². The third kappa shape index (κ3) is 5.23. The SMILES string of the molecule is COc1ccccc1OCC(=O)N(CCn1ccc(-c2ccncc2)n1)C1CCCC1. The second-order valence-corrected chi connectivity index (χ2v) is 7.66. The Morgan fingerprint density at radius 3 is 2.58 bits per heavy atom. The van der Waals surface area contributed by atoms with Gasteiger partial charge in [0.2, 0.25) is 0 Å². The van der Waals surface area contributed by atoms with Gasteiger partial charge in [0.25, 0.3) is 5.91 Å². The summed E-state index contributed by atoms with van der Waals surface area (Å²) in [6.07, 6.45) is 9.89. The number of carbonyl (C=O) groups excluding carboxylic acids is 1. The Bertz CT molecular complexity index is 983. The first-order chi connectivity index (χ1) is 15.2. The Kier molecular flexibility index (Phi) is 6.82. The number of ether oxygens (including phenoxy) is 2. The fourth-order valence-electron chi connectivity index (χ4n) is 4.06. The second-order valence-electron chi connectivity index (χ2n) is 7.66. The molecule has 3 aromatic rings. The van der Waals surface area contributed by atoms with Crippen LogP contribution in [0.2, 0.25) is 0 Å². The van der Waals surface area contributed by atoms with Gasteiger partial charge in [-0.1, -0.05) is 25.0 Å². The smallest absolute Gasteiger partial charge is 0.260 e. The van der Waals surface area contributed by atoms with Gasteiger partial charge in [-0.15, -0.1) is 0 Å². The zero-order chi connectivity index (χ0) is 21.5. The molecule has 1 aliphatic carbocycles. The van der Waals surface area contributed by atoms with Crippen LogP contribution in [0.3, 0.4) is 0 Å². The van der Waals surface area contributed by atoms with Crippen molar-refractivity contribution >= 4 is 5.91 Å². The summed E-state index contributed by atoms with van der Waals surface area (Å²) in [4.78, 5) is 19.1. The van der Waals surface area contributed by atoms with Crippen molar-refractivity contribution in [1.82, 2.24) is 19.7 Å². The van der Waals surface area contributed by atoms with E-state index < -0.39 is 0 Å². The molecule has 0 bridgehead atoms. The molecule has 0 N–H and O–H groups in total. The van der Waals surface area contributed by atoms with Crippen LogP contribution in [0.1, 0.15) is 25.7 Å². The third-order valence-corrected chi connectivity index (χ3v) is 5.69. The highest BCUT2D eigenvalue weighted by Crippen LogP contribution is 2.27. The predicted octanol–water partition coefficient (Wildman–Crippen LogP) is 3.80. The Morgan fingerprint density at radius 2 is 1.84 bits per heavy atom. The number of hydrogen-bond acceptors (Lipinski definition) is 5. The molecular weight excluding hydrogens is 392 g/mol. The molecule has 0 radical (unpaired) electrons. The minimum absolute atomic E-state index is 0.000630. The van der Waals surface area contributed by atoms with Crippen LogP contribution in [-0.2, 0) is 11.3 Å². The van der Waals surface area contributed by atoms with Gasteiger partial charge in [0.1, 0.15) is 0 Å². The summed E-state index contributed by atoms with van der Waals surface area (Å²) in [6, 6.07) is 13.5. The maximum Gasteiger partial charge on any atom is 0.260 e. The van der Waals surface area contributed by atoms with Crippen molar-refractivity contribution in [2.75, 3.05) is 20.3 Å². The Hall–Kier alpha value is -3.35. The highest BCUT2D eigenvalue weighted by molar-refractivity contribution is 5.78. The highest BCUT2D eigenvalue weighted by atomic mass is 16.5. The monoisotopic (exact) mass is 420 g/mol. The molecule has 0 atom stereocenters. The summed E-state index contributed by atoms with van der Waals surface area (Å²) in [6.45, 7) is 1.25. The zero-order valence-corrected chi connectivity index (χ0v) is 17.8. The van der Waals surface area contributed by atoms with E-state index >= 15 is 0 Å². The fourth-order valence-corrected chi connectivity index (χ4v) is 4.06. The summed E-state index contributed by atoms with van der Waals surface area (Å²) in [7, 11) is 1.60. The third-order valence-electron chi connectivity index (χ3n) is 5.69. The maximum atomic E-state index is 13.1. The lowest BCUT2D eigenvalue weighted by Gasteiger charge is -2.29. The topological polar surface area (TPSA) is 69.5 Å². The average molecular weight is 421 g/mol. The largest absolute Gasteiger partial charge is 0.493 e. The number of benzene rings is 1. The van der Waals surface area contributed by atoms with Gasteiger partial charge in [0.15, 0.2) is 18.1 Å². The van der Waals surface area contributed by atoms with E-state index in [0.29, 0.717) is 24.6 Å². The van der Waals surface area contributed by atoms with Crippen molar-refractivity contribution < 1.29 is 14.3 Å². The summed E-state index contributed by atoms with van der Waals surface area (Å²) in [5, 5.41) is 4.66. The molecule has 4 rings (SSSR count). The van der Waals surface area contributed by atoms with Gasteiger partial charge in [-0.05, 0) is 43.2 Å². The number of carbonyl (C=O) groups is 1. The van der Waals surface area contributed by atoms with Crippen molar-refractivity contribution in [2.24, 2.45) is 0 Å². The zero-order valence-electron chi connectivity index (χ0n) is 17.8. The molecule has 2 aromatic heterocycles. The molecule has 7 nitrogen and oxygen atoms in total. The Morgan fingerprint density at radius 1 is 1.10 bits per heavy atom. The average Bonchev–Trinajstić information content (AvgIpc) is 3.51. The summed E-state index contributed by atoms with van der Waals surface area (Å²) in [5.41, 5.74) is 1.93. The number of methoxy groups -OCH3 is 1. The Balaban J connectivity index is 1.40. The molecule has 162 valence electrons. The van der Waals surface area contributed by atoms with E-state index in [0.717, 1.165) is 36.9 Å². The highest BCUT2D eigenvalue weighted by Gasteiger charge is 2.27. The van der Waals surface area contributed by atoms with Crippen LogP contribution in [0.15, 0.2) is 61.1 Å². The molecule has 1 fully saturated rings. The van der Waals surface area contributed by atoms with Crippen LogP contribution in [-0.4, -0.2) is 51.9 Å². The van der Waals surface area contributed by atoms with Crippen molar-refractivity contribution in [3.05, 3.63) is 61.1 Å². The van der Waals surface area contributed by atoms with Crippen molar-refractivity contribution in [1.29, 1.82) is 0 Å². The van der Waals surface area contributed by atoms with Gasteiger partial charge in [-0.25, -0.2) is 0 Å². The summed E-state index contributed by atoms with van der Waals surface area (Å²) < 4.78 is 13.0. The summed E-state index contributed by atoms with van der Waals surface area (Å²) >= 11 is 0. The van der Waals surface area contributed by atoms with E-state index in [2.05, 4.69) is 10.1 Å². The number of rotatable bonds is 9. The molecule has 0 spiro atoms. The van der Waals surface area contributed by atoms with Crippen LogP contribution < -0.4 is 9.47 Å². The number of hydrogen-bond donors (Lipinski definition) is 0. The Labute approximate surface area is 182 Å². The lowest BCUT2D eigenvalue weighted by Crippen LogP contribution is -2.43. The first-order valence-corrected chi connectivity index (χ1v) is 10.7. The van der Waals surface area contributed by atoms with Gasteiger partial charge >= 0.3 is 0 Å². The number of pyridine rings is 1. The number of amides is 1. The molecule has 0 unspecified atom stereocenters. The van der Waals surface area contributed by atoms with Crippen LogP contribution in [0.5, 0.6) is 11.5 Å². The predicted molar refractivity (Wildman–Crippen MR) is 118 cm³/mol. The number of para-hydroxylation sites is 2. The minimum atomic E-state index is -0.00174. The maximum absolute atomic E-state index is 13.1. The molecular formula is C24H28N4O3. The quantitative estimate of drug-likeness (QED) is 0.527. The normalized spacial score (nSPS) is 13.8. The lowest BCUT2D eigenvalue weighted by atomic mass is 10.2. The molecule has 1 aliphatic rings. The fraction of sp³-hybridized carbons (Fsp3) is 0.375. The van der Waals surface area contributed by atoms with Crippen LogP contribution in [0, 0.1) is 0 Å².